The van der Waals surface area contributed by atoms with Gasteiger partial charge in [0.1, 0.15) is 5.82 Å². The average molecular weight is 425 g/mol. The van der Waals surface area contributed by atoms with Crippen molar-refractivity contribution >= 4 is 23.4 Å². The van der Waals surface area contributed by atoms with Crippen LogP contribution in [0.4, 0.5) is 17.5 Å². The van der Waals surface area contributed by atoms with Gasteiger partial charge in [-0.25, -0.2) is 9.97 Å². The molecule has 1 aliphatic heterocycles. The van der Waals surface area contributed by atoms with Gasteiger partial charge in [0.25, 0.3) is 0 Å². The predicted molar refractivity (Wildman–Crippen MR) is 125 cm³/mol. The molecule has 0 atom stereocenters. The first-order valence-corrected chi connectivity index (χ1v) is 10.7. The topological polar surface area (TPSA) is 75.9 Å². The van der Waals surface area contributed by atoms with Gasteiger partial charge in [0, 0.05) is 43.5 Å². The molecule has 0 unspecified atom stereocenters. The molecule has 32 heavy (non-hydrogen) atoms. The molecule has 0 saturated carbocycles. The summed E-state index contributed by atoms with van der Waals surface area (Å²) in [5.41, 5.74) is 5.22. The van der Waals surface area contributed by atoms with Crippen LogP contribution in [0.15, 0.2) is 73.1 Å². The van der Waals surface area contributed by atoms with Crippen LogP contribution < -0.4 is 10.2 Å². The molecule has 1 N–H and O–H groups in total. The molecule has 0 radical (unpaired) electrons. The highest BCUT2D eigenvalue weighted by atomic mass is 16.2. The number of fused-ring (bicyclic) bond motifs is 1. The summed E-state index contributed by atoms with van der Waals surface area (Å²) < 4.78 is 1.73. The number of aryl methyl sites for hydroxylation is 2. The van der Waals surface area contributed by atoms with Crippen molar-refractivity contribution in [3.63, 3.8) is 0 Å². The summed E-state index contributed by atoms with van der Waals surface area (Å²) in [7, 11) is 1.86. The highest BCUT2D eigenvalue weighted by Crippen LogP contribution is 2.32. The third-order valence-corrected chi connectivity index (χ3v) is 5.76. The average Bonchev–Trinajstić information content (AvgIpc) is 3.44. The van der Waals surface area contributed by atoms with Crippen LogP contribution in [-0.2, 0) is 24.7 Å². The molecule has 1 amide bonds. The number of rotatable bonds is 6. The zero-order valence-electron chi connectivity index (χ0n) is 17.9. The van der Waals surface area contributed by atoms with Crippen molar-refractivity contribution in [2.45, 2.75) is 19.3 Å². The summed E-state index contributed by atoms with van der Waals surface area (Å²) in [5.74, 6) is 1.51. The van der Waals surface area contributed by atoms with E-state index in [-0.39, 0.29) is 5.91 Å². The quantitative estimate of drug-likeness (QED) is 0.503. The molecule has 0 fully saturated rings. The van der Waals surface area contributed by atoms with Gasteiger partial charge in [-0.05, 0) is 42.2 Å². The van der Waals surface area contributed by atoms with Crippen LogP contribution in [0.1, 0.15) is 17.5 Å². The van der Waals surface area contributed by atoms with Crippen molar-refractivity contribution in [2.24, 2.45) is 7.05 Å². The number of benzene rings is 2. The fourth-order valence-corrected chi connectivity index (χ4v) is 4.04. The second-order valence-corrected chi connectivity index (χ2v) is 7.86. The lowest BCUT2D eigenvalue weighted by Crippen LogP contribution is -2.29. The lowest BCUT2D eigenvalue weighted by atomic mass is 10.1. The van der Waals surface area contributed by atoms with Crippen molar-refractivity contribution in [2.75, 3.05) is 16.8 Å². The fraction of sp³-hybridized carbons (Fsp3) is 0.200. The van der Waals surface area contributed by atoms with Crippen molar-refractivity contribution in [3.05, 3.63) is 84.2 Å². The van der Waals surface area contributed by atoms with E-state index in [0.29, 0.717) is 12.4 Å². The van der Waals surface area contributed by atoms with Gasteiger partial charge < -0.3 is 10.2 Å². The molecule has 1 aliphatic rings. The largest absolute Gasteiger partial charge is 0.312 e. The van der Waals surface area contributed by atoms with E-state index >= 15 is 0 Å². The third-order valence-electron chi connectivity index (χ3n) is 5.76. The Kier molecular flexibility index (Phi) is 5.37. The van der Waals surface area contributed by atoms with E-state index in [9.17, 15) is 4.79 Å². The van der Waals surface area contributed by atoms with E-state index in [0.717, 1.165) is 42.1 Å². The first-order chi connectivity index (χ1) is 15.7. The van der Waals surface area contributed by atoms with Gasteiger partial charge in [0.15, 0.2) is 0 Å². The van der Waals surface area contributed by atoms with Crippen molar-refractivity contribution in [1.82, 2.24) is 19.7 Å². The normalized spacial score (nSPS) is 12.6. The summed E-state index contributed by atoms with van der Waals surface area (Å²) in [6.07, 6.45) is 5.59. The van der Waals surface area contributed by atoms with E-state index < -0.39 is 0 Å². The van der Waals surface area contributed by atoms with E-state index in [1.165, 1.54) is 11.1 Å². The smallest absolute Gasteiger partial charge is 0.228 e. The minimum absolute atomic E-state index is 0.171. The lowest BCUT2D eigenvalue weighted by molar-refractivity contribution is -0.118. The molecule has 0 saturated heterocycles. The molecule has 0 aliphatic carbocycles. The van der Waals surface area contributed by atoms with E-state index in [4.69, 9.17) is 0 Å². The highest BCUT2D eigenvalue weighted by molar-refractivity contribution is 5.96. The molecule has 160 valence electrons. The number of amides is 1. The third kappa shape index (κ3) is 4.09. The first kappa shape index (κ1) is 19.9. The number of anilines is 3. The summed E-state index contributed by atoms with van der Waals surface area (Å²) in [5, 5.41) is 7.34. The van der Waals surface area contributed by atoms with Crippen LogP contribution in [0, 0.1) is 0 Å². The Bertz CT molecular complexity index is 1250. The molecular formula is C25H24N6O. The Morgan fingerprint density at radius 2 is 1.94 bits per heavy atom. The standard InChI is InChI=1S/C25H24N6O/c1-30-23(12-15-27-30)29-25-26-14-11-21(28-25)19-8-9-22-20(17-19)13-16-31(22)24(32)10-7-18-5-3-2-4-6-18/h2-6,8-9,11-12,14-15,17H,7,10,13,16H2,1H3,(H,26,28,29). The van der Waals surface area contributed by atoms with Crippen LogP contribution in [0.2, 0.25) is 0 Å². The van der Waals surface area contributed by atoms with Crippen LogP contribution in [0.3, 0.4) is 0 Å². The molecule has 3 heterocycles. The Morgan fingerprint density at radius 3 is 2.75 bits per heavy atom. The number of nitrogens with zero attached hydrogens (tertiary/aromatic N) is 5. The number of hydrogen-bond donors (Lipinski definition) is 1. The molecule has 5 rings (SSSR count). The van der Waals surface area contributed by atoms with Gasteiger partial charge in [-0.15, -0.1) is 0 Å². The van der Waals surface area contributed by atoms with Gasteiger partial charge >= 0.3 is 0 Å². The molecule has 7 nitrogen and oxygen atoms in total. The van der Waals surface area contributed by atoms with Crippen molar-refractivity contribution in [3.8, 4) is 11.3 Å². The van der Waals surface area contributed by atoms with Crippen molar-refractivity contribution < 1.29 is 4.79 Å². The molecule has 0 spiro atoms. The van der Waals surface area contributed by atoms with Gasteiger partial charge in [0.2, 0.25) is 11.9 Å². The van der Waals surface area contributed by atoms with E-state index in [1.807, 2.05) is 54.4 Å². The molecule has 2 aromatic heterocycles. The van der Waals surface area contributed by atoms with Gasteiger partial charge in [0.05, 0.1) is 11.9 Å². The Hall–Kier alpha value is -4.00. The van der Waals surface area contributed by atoms with Gasteiger partial charge in [-0.1, -0.05) is 36.4 Å². The number of hydrogen-bond acceptors (Lipinski definition) is 5. The monoisotopic (exact) mass is 424 g/mol. The van der Waals surface area contributed by atoms with Crippen LogP contribution in [-0.4, -0.2) is 32.2 Å². The SMILES string of the molecule is Cn1nccc1Nc1nccc(-c2ccc3c(c2)CCN3C(=O)CCc2ccccc2)n1. The summed E-state index contributed by atoms with van der Waals surface area (Å²) in [6.45, 7) is 0.726. The summed E-state index contributed by atoms with van der Waals surface area (Å²) in [6, 6.07) is 20.1. The molecule has 7 heteroatoms. The Balaban J connectivity index is 1.31. The lowest BCUT2D eigenvalue weighted by Gasteiger charge is -2.17. The van der Waals surface area contributed by atoms with Crippen LogP contribution >= 0.6 is 0 Å². The number of carbonyl (C=O) groups is 1. The van der Waals surface area contributed by atoms with Gasteiger partial charge in [-0.3, -0.25) is 9.48 Å². The van der Waals surface area contributed by atoms with Crippen LogP contribution in [0.25, 0.3) is 11.3 Å². The molecule has 2 aromatic carbocycles. The minimum atomic E-state index is 0.171. The number of aromatic nitrogens is 4. The zero-order valence-corrected chi connectivity index (χ0v) is 17.9. The molecular weight excluding hydrogens is 400 g/mol. The second kappa shape index (κ2) is 8.63. The Labute approximate surface area is 186 Å². The van der Waals surface area contributed by atoms with Gasteiger partial charge in [-0.2, -0.15) is 5.10 Å². The molecule has 4 aromatic rings. The zero-order chi connectivity index (χ0) is 21.9. The number of carbonyl (C=O) groups excluding carboxylic acids is 1. The Morgan fingerprint density at radius 1 is 1.06 bits per heavy atom. The van der Waals surface area contributed by atoms with Crippen molar-refractivity contribution in [1.29, 1.82) is 0 Å². The maximum Gasteiger partial charge on any atom is 0.228 e. The highest BCUT2D eigenvalue weighted by Gasteiger charge is 2.24. The number of nitrogens with one attached hydrogen (secondary N) is 1. The van der Waals surface area contributed by atoms with E-state index in [1.54, 1.807) is 17.1 Å². The van der Waals surface area contributed by atoms with E-state index in [2.05, 4.69) is 38.6 Å². The summed E-state index contributed by atoms with van der Waals surface area (Å²) in [4.78, 5) is 23.7. The fourth-order valence-electron chi connectivity index (χ4n) is 4.04. The molecule has 0 bridgehead atoms. The maximum atomic E-state index is 12.8. The predicted octanol–water partition coefficient (Wildman–Crippen LogP) is 4.14. The summed E-state index contributed by atoms with van der Waals surface area (Å²) >= 11 is 0. The first-order valence-electron chi connectivity index (χ1n) is 10.7. The van der Waals surface area contributed by atoms with Crippen LogP contribution in [0.5, 0.6) is 0 Å². The maximum absolute atomic E-state index is 12.8. The second-order valence-electron chi connectivity index (χ2n) is 7.86. The minimum Gasteiger partial charge on any atom is -0.312 e.